The van der Waals surface area contributed by atoms with Crippen molar-refractivity contribution in [2.75, 3.05) is 6.54 Å². The predicted octanol–water partition coefficient (Wildman–Crippen LogP) is 0.402. The van der Waals surface area contributed by atoms with E-state index in [4.69, 9.17) is 14.9 Å². The first-order valence-electron chi connectivity index (χ1n) is 5.45. The van der Waals surface area contributed by atoms with Crippen molar-refractivity contribution < 1.29 is 13.9 Å². The van der Waals surface area contributed by atoms with Gasteiger partial charge in [-0.25, -0.2) is 0 Å². The fourth-order valence-corrected chi connectivity index (χ4v) is 1.77. The van der Waals surface area contributed by atoms with Crippen molar-refractivity contribution in [1.82, 2.24) is 5.32 Å². The summed E-state index contributed by atoms with van der Waals surface area (Å²) in [5, 5.41) is 2.77. The van der Waals surface area contributed by atoms with Crippen molar-refractivity contribution in [3.63, 3.8) is 0 Å². The average Bonchev–Trinajstić information content (AvgIpc) is 2.96. The minimum Gasteiger partial charge on any atom is -0.467 e. The molecule has 1 saturated heterocycles. The maximum atomic E-state index is 11.7. The smallest absolute Gasteiger partial charge is 0.249 e. The van der Waals surface area contributed by atoms with E-state index in [1.54, 1.807) is 12.3 Å². The Morgan fingerprint density at radius 3 is 3.06 bits per heavy atom. The summed E-state index contributed by atoms with van der Waals surface area (Å²) in [5.74, 6) is 0.647. The molecule has 1 aliphatic heterocycles. The highest BCUT2D eigenvalue weighted by molar-refractivity contribution is 5.80. The van der Waals surface area contributed by atoms with Gasteiger partial charge in [-0.1, -0.05) is 0 Å². The van der Waals surface area contributed by atoms with Crippen molar-refractivity contribution in [3.05, 3.63) is 24.2 Å². The van der Waals surface area contributed by atoms with E-state index in [0.717, 1.165) is 18.6 Å². The number of ether oxygens (including phenoxy) is 1. The number of amides is 1. The van der Waals surface area contributed by atoms with E-state index in [2.05, 4.69) is 5.32 Å². The normalized spacial score (nSPS) is 24.6. The Bertz CT molecular complexity index is 337. The third kappa shape index (κ3) is 2.62. The van der Waals surface area contributed by atoms with Gasteiger partial charge >= 0.3 is 0 Å². The Morgan fingerprint density at radius 2 is 2.44 bits per heavy atom. The molecule has 3 N–H and O–H groups in total. The molecule has 1 amide bonds. The van der Waals surface area contributed by atoms with Crippen LogP contribution in [0.5, 0.6) is 0 Å². The Labute approximate surface area is 93.9 Å². The SMILES string of the molecule is NCC1CCC(C(=O)NCc2ccco2)O1. The Kier molecular flexibility index (Phi) is 3.58. The second-order valence-electron chi connectivity index (χ2n) is 3.86. The molecule has 5 nitrogen and oxygen atoms in total. The number of nitrogens with two attached hydrogens (primary N) is 1. The molecule has 1 aromatic heterocycles. The van der Waals surface area contributed by atoms with Gasteiger partial charge in [0, 0.05) is 6.54 Å². The molecular weight excluding hydrogens is 208 g/mol. The summed E-state index contributed by atoms with van der Waals surface area (Å²) in [6, 6.07) is 3.61. The van der Waals surface area contributed by atoms with Crippen molar-refractivity contribution in [1.29, 1.82) is 0 Å². The molecule has 2 heterocycles. The van der Waals surface area contributed by atoms with Crippen molar-refractivity contribution >= 4 is 5.91 Å². The topological polar surface area (TPSA) is 77.5 Å². The fraction of sp³-hybridized carbons (Fsp3) is 0.545. The molecule has 16 heavy (non-hydrogen) atoms. The largest absolute Gasteiger partial charge is 0.467 e. The first kappa shape index (κ1) is 11.2. The van der Waals surface area contributed by atoms with E-state index in [-0.39, 0.29) is 18.1 Å². The van der Waals surface area contributed by atoms with E-state index in [1.807, 2.05) is 6.07 Å². The molecule has 0 aliphatic carbocycles. The Morgan fingerprint density at radius 1 is 1.56 bits per heavy atom. The number of nitrogens with one attached hydrogen (secondary N) is 1. The molecule has 0 aromatic carbocycles. The summed E-state index contributed by atoms with van der Waals surface area (Å²) in [6.45, 7) is 0.876. The quantitative estimate of drug-likeness (QED) is 0.776. The van der Waals surface area contributed by atoms with Crippen LogP contribution in [0.2, 0.25) is 0 Å². The van der Waals surface area contributed by atoms with Crippen LogP contribution in [-0.4, -0.2) is 24.7 Å². The van der Waals surface area contributed by atoms with Gasteiger partial charge in [-0.2, -0.15) is 0 Å². The molecule has 2 atom stereocenters. The van der Waals surface area contributed by atoms with Gasteiger partial charge in [-0.3, -0.25) is 4.79 Å². The zero-order valence-corrected chi connectivity index (χ0v) is 9.02. The van der Waals surface area contributed by atoms with Gasteiger partial charge in [-0.05, 0) is 25.0 Å². The molecule has 5 heteroatoms. The lowest BCUT2D eigenvalue weighted by Gasteiger charge is -2.11. The number of carbonyl (C=O) groups is 1. The Hall–Kier alpha value is -1.33. The van der Waals surface area contributed by atoms with Gasteiger partial charge in [-0.15, -0.1) is 0 Å². The van der Waals surface area contributed by atoms with Gasteiger partial charge in [0.05, 0.1) is 18.9 Å². The molecule has 0 saturated carbocycles. The first-order chi connectivity index (χ1) is 7.79. The number of hydrogen-bond acceptors (Lipinski definition) is 4. The molecule has 2 unspecified atom stereocenters. The number of rotatable bonds is 4. The van der Waals surface area contributed by atoms with Crippen LogP contribution in [0, 0.1) is 0 Å². The van der Waals surface area contributed by atoms with Crippen LogP contribution < -0.4 is 11.1 Å². The summed E-state index contributed by atoms with van der Waals surface area (Å²) < 4.78 is 10.6. The molecule has 0 spiro atoms. The van der Waals surface area contributed by atoms with Crippen LogP contribution in [0.15, 0.2) is 22.8 Å². The summed E-state index contributed by atoms with van der Waals surface area (Å²) >= 11 is 0. The average molecular weight is 224 g/mol. The predicted molar refractivity (Wildman–Crippen MR) is 57.5 cm³/mol. The maximum Gasteiger partial charge on any atom is 0.249 e. The molecule has 2 rings (SSSR count). The second-order valence-corrected chi connectivity index (χ2v) is 3.86. The minimum atomic E-state index is -0.358. The highest BCUT2D eigenvalue weighted by Gasteiger charge is 2.29. The van der Waals surface area contributed by atoms with Crippen LogP contribution in [0.1, 0.15) is 18.6 Å². The van der Waals surface area contributed by atoms with E-state index in [0.29, 0.717) is 13.1 Å². The lowest BCUT2D eigenvalue weighted by Crippen LogP contribution is -2.35. The molecular formula is C11H16N2O3. The summed E-state index contributed by atoms with van der Waals surface area (Å²) in [5.41, 5.74) is 5.48. The molecule has 88 valence electrons. The minimum absolute atomic E-state index is 0.0272. The van der Waals surface area contributed by atoms with Gasteiger partial charge in [0.15, 0.2) is 0 Å². The first-order valence-corrected chi connectivity index (χ1v) is 5.45. The van der Waals surface area contributed by atoms with Gasteiger partial charge in [0.1, 0.15) is 11.9 Å². The van der Waals surface area contributed by atoms with Crippen LogP contribution >= 0.6 is 0 Å². The highest BCUT2D eigenvalue weighted by Crippen LogP contribution is 2.18. The van der Waals surface area contributed by atoms with E-state index >= 15 is 0 Å². The van der Waals surface area contributed by atoms with Crippen molar-refractivity contribution in [3.8, 4) is 0 Å². The third-order valence-corrected chi connectivity index (χ3v) is 2.68. The maximum absolute atomic E-state index is 11.7. The monoisotopic (exact) mass is 224 g/mol. The standard InChI is InChI=1S/C11H16N2O3/c12-6-8-3-4-10(16-8)11(14)13-7-9-2-1-5-15-9/h1-2,5,8,10H,3-4,6-7,12H2,(H,13,14). The van der Waals surface area contributed by atoms with Crippen molar-refractivity contribution in [2.24, 2.45) is 5.73 Å². The van der Waals surface area contributed by atoms with E-state index in [9.17, 15) is 4.79 Å². The van der Waals surface area contributed by atoms with E-state index in [1.165, 1.54) is 0 Å². The molecule has 1 aromatic rings. The summed E-state index contributed by atoms with van der Waals surface area (Å²) in [4.78, 5) is 11.7. The van der Waals surface area contributed by atoms with Crippen LogP contribution in [0.3, 0.4) is 0 Å². The highest BCUT2D eigenvalue weighted by atomic mass is 16.5. The van der Waals surface area contributed by atoms with Crippen LogP contribution in [0.25, 0.3) is 0 Å². The summed E-state index contributed by atoms with van der Waals surface area (Å²) in [7, 11) is 0. The second kappa shape index (κ2) is 5.14. The summed E-state index contributed by atoms with van der Waals surface area (Å²) in [6.07, 6.45) is 2.85. The van der Waals surface area contributed by atoms with Gasteiger partial charge in [0.25, 0.3) is 0 Å². The molecule has 1 fully saturated rings. The van der Waals surface area contributed by atoms with Crippen LogP contribution in [0.4, 0.5) is 0 Å². The Balaban J connectivity index is 1.76. The van der Waals surface area contributed by atoms with E-state index < -0.39 is 0 Å². The lowest BCUT2D eigenvalue weighted by molar-refractivity contribution is -0.132. The zero-order chi connectivity index (χ0) is 11.4. The fourth-order valence-electron chi connectivity index (χ4n) is 1.77. The number of furan rings is 1. The van der Waals surface area contributed by atoms with Gasteiger partial charge < -0.3 is 20.2 Å². The molecule has 1 aliphatic rings. The van der Waals surface area contributed by atoms with Crippen molar-refractivity contribution in [2.45, 2.75) is 31.6 Å². The third-order valence-electron chi connectivity index (χ3n) is 2.68. The number of carbonyl (C=O) groups excluding carboxylic acids is 1. The zero-order valence-electron chi connectivity index (χ0n) is 9.02. The number of hydrogen-bond donors (Lipinski definition) is 2. The molecule has 0 bridgehead atoms. The molecule has 0 radical (unpaired) electrons. The lowest BCUT2D eigenvalue weighted by atomic mass is 10.2. The van der Waals surface area contributed by atoms with Gasteiger partial charge in [0.2, 0.25) is 5.91 Å². The van der Waals surface area contributed by atoms with Crippen LogP contribution in [-0.2, 0) is 16.1 Å².